The van der Waals surface area contributed by atoms with Crippen molar-refractivity contribution >= 4 is 5.95 Å². The number of alkyl halides is 2. The van der Waals surface area contributed by atoms with Crippen molar-refractivity contribution in [1.82, 2.24) is 15.3 Å². The Morgan fingerprint density at radius 1 is 1.04 bits per heavy atom. The van der Waals surface area contributed by atoms with Crippen LogP contribution < -0.4 is 10.2 Å². The van der Waals surface area contributed by atoms with Crippen LogP contribution in [-0.4, -0.2) is 36.1 Å². The molecule has 6 heteroatoms. The van der Waals surface area contributed by atoms with E-state index in [1.54, 1.807) is 0 Å². The van der Waals surface area contributed by atoms with Crippen LogP contribution in [0.25, 0.3) is 11.3 Å². The van der Waals surface area contributed by atoms with Gasteiger partial charge in [0.2, 0.25) is 5.95 Å². The Balaban J connectivity index is 2.04. The molecule has 23 heavy (non-hydrogen) atoms. The van der Waals surface area contributed by atoms with E-state index >= 15 is 0 Å². The smallest absolute Gasteiger partial charge is 0.280 e. The third-order valence-electron chi connectivity index (χ3n) is 4.16. The number of aryl methyl sites for hydroxylation is 2. The summed E-state index contributed by atoms with van der Waals surface area (Å²) in [5.41, 5.74) is 3.45. The van der Waals surface area contributed by atoms with E-state index in [2.05, 4.69) is 15.3 Å². The average molecular weight is 318 g/mol. The maximum Gasteiger partial charge on any atom is 0.280 e. The maximum absolute atomic E-state index is 13.2. The van der Waals surface area contributed by atoms with Crippen LogP contribution in [0, 0.1) is 13.8 Å². The van der Waals surface area contributed by atoms with Crippen LogP contribution in [0.1, 0.15) is 23.2 Å². The Morgan fingerprint density at radius 2 is 1.78 bits per heavy atom. The molecule has 0 atom stereocenters. The quantitative estimate of drug-likeness (QED) is 0.944. The van der Waals surface area contributed by atoms with E-state index < -0.39 is 6.43 Å². The van der Waals surface area contributed by atoms with Crippen LogP contribution in [0.4, 0.5) is 14.7 Å². The van der Waals surface area contributed by atoms with Crippen molar-refractivity contribution < 1.29 is 8.78 Å². The first kappa shape index (κ1) is 15.8. The summed E-state index contributed by atoms with van der Waals surface area (Å²) in [7, 11) is 0. The van der Waals surface area contributed by atoms with Gasteiger partial charge >= 0.3 is 0 Å². The first-order valence-electron chi connectivity index (χ1n) is 7.75. The standard InChI is InChI=1S/C17H20F2N4/c1-11-3-4-13(9-12(11)2)14-10-15(16(18)19)22-17(21-14)23-7-5-20-6-8-23/h3-4,9-10,16,20H,5-8H2,1-2H3. The van der Waals surface area contributed by atoms with Gasteiger partial charge in [-0.1, -0.05) is 12.1 Å². The molecule has 1 aliphatic heterocycles. The summed E-state index contributed by atoms with van der Waals surface area (Å²) >= 11 is 0. The first-order chi connectivity index (χ1) is 11.0. The third kappa shape index (κ3) is 3.47. The van der Waals surface area contributed by atoms with E-state index in [1.807, 2.05) is 36.9 Å². The van der Waals surface area contributed by atoms with Crippen LogP contribution in [0.15, 0.2) is 24.3 Å². The SMILES string of the molecule is Cc1ccc(-c2cc(C(F)F)nc(N3CCNCC3)n2)cc1C. The predicted octanol–water partition coefficient (Wildman–Crippen LogP) is 3.11. The first-order valence-corrected chi connectivity index (χ1v) is 7.75. The zero-order valence-electron chi connectivity index (χ0n) is 13.3. The van der Waals surface area contributed by atoms with Gasteiger partial charge in [0.05, 0.1) is 5.69 Å². The average Bonchev–Trinajstić information content (AvgIpc) is 2.57. The normalized spacial score (nSPS) is 15.3. The van der Waals surface area contributed by atoms with E-state index in [4.69, 9.17) is 0 Å². The molecular weight excluding hydrogens is 298 g/mol. The Hall–Kier alpha value is -2.08. The van der Waals surface area contributed by atoms with Gasteiger partial charge in [-0.15, -0.1) is 0 Å². The molecule has 1 N–H and O–H groups in total. The predicted molar refractivity (Wildman–Crippen MR) is 87.0 cm³/mol. The van der Waals surface area contributed by atoms with E-state index in [9.17, 15) is 8.78 Å². The van der Waals surface area contributed by atoms with Crippen LogP contribution in [0.2, 0.25) is 0 Å². The number of halogens is 2. The fourth-order valence-corrected chi connectivity index (χ4v) is 2.62. The molecule has 0 bridgehead atoms. The molecule has 2 heterocycles. The lowest BCUT2D eigenvalue weighted by Gasteiger charge is -2.28. The zero-order valence-corrected chi connectivity index (χ0v) is 13.3. The molecule has 1 fully saturated rings. The van der Waals surface area contributed by atoms with Gasteiger partial charge in [0.1, 0.15) is 5.69 Å². The highest BCUT2D eigenvalue weighted by molar-refractivity contribution is 5.63. The van der Waals surface area contributed by atoms with Crippen LogP contribution in [0.5, 0.6) is 0 Å². The molecule has 2 aromatic rings. The fourth-order valence-electron chi connectivity index (χ4n) is 2.62. The summed E-state index contributed by atoms with van der Waals surface area (Å²) in [4.78, 5) is 10.5. The highest BCUT2D eigenvalue weighted by Crippen LogP contribution is 2.27. The minimum Gasteiger partial charge on any atom is -0.338 e. The molecule has 0 saturated carbocycles. The van der Waals surface area contributed by atoms with Crippen molar-refractivity contribution in [2.45, 2.75) is 20.3 Å². The minimum atomic E-state index is -2.61. The molecule has 0 unspecified atom stereocenters. The number of hydrogen-bond acceptors (Lipinski definition) is 4. The Labute approximate surface area is 134 Å². The number of nitrogens with one attached hydrogen (secondary N) is 1. The van der Waals surface area contributed by atoms with E-state index in [1.165, 1.54) is 11.6 Å². The second-order valence-electron chi connectivity index (χ2n) is 5.81. The lowest BCUT2D eigenvalue weighted by Crippen LogP contribution is -2.44. The number of hydrogen-bond donors (Lipinski definition) is 1. The Kier molecular flexibility index (Phi) is 4.52. The van der Waals surface area contributed by atoms with Gasteiger partial charge in [0.15, 0.2) is 0 Å². The number of anilines is 1. The molecular formula is C17H20F2N4. The third-order valence-corrected chi connectivity index (χ3v) is 4.16. The van der Waals surface area contributed by atoms with Crippen molar-refractivity contribution in [1.29, 1.82) is 0 Å². The second-order valence-corrected chi connectivity index (χ2v) is 5.81. The molecule has 1 saturated heterocycles. The largest absolute Gasteiger partial charge is 0.338 e. The van der Waals surface area contributed by atoms with E-state index in [0.29, 0.717) is 11.6 Å². The van der Waals surface area contributed by atoms with Crippen molar-refractivity contribution in [3.63, 3.8) is 0 Å². The summed E-state index contributed by atoms with van der Waals surface area (Å²) in [5.74, 6) is 0.387. The van der Waals surface area contributed by atoms with Crippen LogP contribution >= 0.6 is 0 Å². The number of benzene rings is 1. The van der Waals surface area contributed by atoms with Gasteiger partial charge in [-0.2, -0.15) is 0 Å². The number of aromatic nitrogens is 2. The van der Waals surface area contributed by atoms with Crippen molar-refractivity contribution in [3.8, 4) is 11.3 Å². The molecule has 0 radical (unpaired) electrons. The maximum atomic E-state index is 13.2. The molecule has 0 aliphatic carbocycles. The van der Waals surface area contributed by atoms with Gasteiger partial charge < -0.3 is 10.2 Å². The van der Waals surface area contributed by atoms with Gasteiger partial charge in [0.25, 0.3) is 6.43 Å². The monoisotopic (exact) mass is 318 g/mol. The van der Waals surface area contributed by atoms with E-state index in [-0.39, 0.29) is 5.69 Å². The molecule has 3 rings (SSSR count). The van der Waals surface area contributed by atoms with Gasteiger partial charge in [-0.25, -0.2) is 18.7 Å². The summed E-state index contributed by atoms with van der Waals surface area (Å²) < 4.78 is 26.5. The minimum absolute atomic E-state index is 0.221. The van der Waals surface area contributed by atoms with Crippen LogP contribution in [-0.2, 0) is 0 Å². The number of rotatable bonds is 3. The summed E-state index contributed by atoms with van der Waals surface area (Å²) in [5, 5.41) is 3.24. The number of piperazine rings is 1. The highest BCUT2D eigenvalue weighted by Gasteiger charge is 2.19. The summed E-state index contributed by atoms with van der Waals surface area (Å²) in [6.07, 6.45) is -2.61. The van der Waals surface area contributed by atoms with E-state index in [0.717, 1.165) is 37.3 Å². The Bertz CT molecular complexity index is 697. The lowest BCUT2D eigenvalue weighted by atomic mass is 10.0. The molecule has 4 nitrogen and oxygen atoms in total. The summed E-state index contributed by atoms with van der Waals surface area (Å²) in [6.45, 7) is 7.09. The highest BCUT2D eigenvalue weighted by atomic mass is 19.3. The van der Waals surface area contributed by atoms with Crippen molar-refractivity contribution in [3.05, 3.63) is 41.1 Å². The van der Waals surface area contributed by atoms with Crippen molar-refractivity contribution in [2.24, 2.45) is 0 Å². The van der Waals surface area contributed by atoms with Crippen LogP contribution in [0.3, 0.4) is 0 Å². The van der Waals surface area contributed by atoms with Gasteiger partial charge in [-0.05, 0) is 37.1 Å². The molecule has 0 amide bonds. The topological polar surface area (TPSA) is 41.1 Å². The molecule has 122 valence electrons. The lowest BCUT2D eigenvalue weighted by molar-refractivity contribution is 0.146. The zero-order chi connectivity index (χ0) is 16.4. The van der Waals surface area contributed by atoms with Crippen molar-refractivity contribution in [2.75, 3.05) is 31.1 Å². The second kappa shape index (κ2) is 6.58. The molecule has 1 aromatic heterocycles. The molecule has 0 spiro atoms. The van der Waals surface area contributed by atoms with Gasteiger partial charge in [-0.3, -0.25) is 0 Å². The number of nitrogens with zero attached hydrogens (tertiary/aromatic N) is 3. The summed E-state index contributed by atoms with van der Waals surface area (Å²) in [6, 6.07) is 7.27. The molecule has 1 aliphatic rings. The van der Waals surface area contributed by atoms with Gasteiger partial charge in [0, 0.05) is 31.7 Å². The fraction of sp³-hybridized carbons (Fsp3) is 0.412. The Morgan fingerprint density at radius 3 is 2.43 bits per heavy atom. The molecule has 1 aromatic carbocycles.